The maximum atomic E-state index is 10.7. The zero-order valence-corrected chi connectivity index (χ0v) is 21.9. The molecule has 5 rings (SSSR count). The minimum Gasteiger partial charge on any atom is -0.306 e. The van der Waals surface area contributed by atoms with E-state index in [1.807, 2.05) is 72.8 Å². The van der Waals surface area contributed by atoms with Crippen LogP contribution in [0.1, 0.15) is 22.8 Å². The summed E-state index contributed by atoms with van der Waals surface area (Å²) in [5, 5.41) is 6.89. The smallest absolute Gasteiger partial charge is 0.306 e. The third-order valence-corrected chi connectivity index (χ3v) is 5.85. The zero-order valence-electron chi connectivity index (χ0n) is 20.2. The van der Waals surface area contributed by atoms with Crippen LogP contribution < -0.4 is 10.6 Å². The fourth-order valence-electron chi connectivity index (χ4n) is 3.52. The molecule has 4 aromatic rings. The van der Waals surface area contributed by atoms with Crippen LogP contribution in [0.4, 0.5) is 13.2 Å². The summed E-state index contributed by atoms with van der Waals surface area (Å²) in [7, 11) is -5.84. The van der Waals surface area contributed by atoms with Crippen LogP contribution in [0.15, 0.2) is 72.8 Å². The Labute approximate surface area is 233 Å². The van der Waals surface area contributed by atoms with Gasteiger partial charge in [-0.15, -0.1) is 0 Å². The van der Waals surface area contributed by atoms with E-state index in [0.717, 1.165) is 45.6 Å². The van der Waals surface area contributed by atoms with Crippen molar-refractivity contribution in [2.45, 2.75) is 31.7 Å². The van der Waals surface area contributed by atoms with Crippen LogP contribution in [0.25, 0.3) is 22.8 Å². The Balaban J connectivity index is 0.000000410. The number of nitrogens with zero attached hydrogens (tertiary/aromatic N) is 4. The molecule has 4 aromatic heterocycles. The van der Waals surface area contributed by atoms with Gasteiger partial charge >= 0.3 is 15.6 Å². The molecule has 39 heavy (non-hydrogen) atoms. The van der Waals surface area contributed by atoms with Gasteiger partial charge in [-0.25, -0.2) is 19.9 Å². The van der Waals surface area contributed by atoms with Crippen LogP contribution in [0.2, 0.25) is 0 Å². The van der Waals surface area contributed by atoms with Crippen molar-refractivity contribution in [3.8, 4) is 22.8 Å². The third-order valence-electron chi connectivity index (χ3n) is 5.27. The van der Waals surface area contributed by atoms with Crippen molar-refractivity contribution >= 4 is 10.1 Å². The zero-order chi connectivity index (χ0) is 27.2. The van der Waals surface area contributed by atoms with Crippen molar-refractivity contribution in [3.63, 3.8) is 0 Å². The maximum absolute atomic E-state index is 10.7. The quantitative estimate of drug-likeness (QED) is 0.155. The van der Waals surface area contributed by atoms with E-state index in [9.17, 15) is 13.2 Å². The van der Waals surface area contributed by atoms with Crippen LogP contribution in [0.3, 0.4) is 0 Å². The second kappa shape index (κ2) is 13.2. The third kappa shape index (κ3) is 8.62. The molecule has 0 saturated heterocycles. The molecular formula is C25H23CuF3N6O3S. The Kier molecular flexibility index (Phi) is 10.2. The SMILES string of the molecule is O=S(=O)(O)C(F)(F)F.[Cu].c1cc2nc(c1)-c1cccc(n1)CNCc1cccc(n1)-c1cccc(n1)CNC2. The summed E-state index contributed by atoms with van der Waals surface area (Å²) in [5.74, 6) is 0. The van der Waals surface area contributed by atoms with Gasteiger partial charge in [0.1, 0.15) is 0 Å². The van der Waals surface area contributed by atoms with Crippen molar-refractivity contribution in [2.75, 3.05) is 0 Å². The Morgan fingerprint density at radius 3 is 1.03 bits per heavy atom. The minimum absolute atomic E-state index is 0. The molecule has 14 heteroatoms. The van der Waals surface area contributed by atoms with E-state index in [0.29, 0.717) is 26.2 Å². The van der Waals surface area contributed by atoms with E-state index in [1.165, 1.54) is 0 Å². The van der Waals surface area contributed by atoms with Crippen LogP contribution in [0, 0.1) is 0 Å². The fourth-order valence-corrected chi connectivity index (χ4v) is 3.52. The van der Waals surface area contributed by atoms with E-state index < -0.39 is 15.6 Å². The summed E-state index contributed by atoms with van der Waals surface area (Å²) in [6, 6.07) is 24.2. The number of hydrogen-bond acceptors (Lipinski definition) is 8. The van der Waals surface area contributed by atoms with Crippen molar-refractivity contribution in [2.24, 2.45) is 0 Å². The maximum Gasteiger partial charge on any atom is 0.522 e. The molecule has 5 heterocycles. The summed E-state index contributed by atoms with van der Waals surface area (Å²) in [4.78, 5) is 19.1. The standard InChI is InChI=1S/C24H22N6.CHF3O3S.Cu/c1-5-17-13-25-14-19-7-3-11-23(29-19)24-12-4-8-20(30-24)16-26-15-18-6-2-10-22(28-18)21(9-1)27-17;2-1(3,4)8(5,6)7;/h1-12,25-26H,13-16H2;(H,5,6,7);. The topological polar surface area (TPSA) is 130 Å². The average Bonchev–Trinajstić information content (AvgIpc) is 2.88. The molecule has 3 N–H and O–H groups in total. The molecule has 9 nitrogen and oxygen atoms in total. The molecule has 0 spiro atoms. The number of hydrogen-bond donors (Lipinski definition) is 3. The number of pyridine rings is 4. The predicted molar refractivity (Wildman–Crippen MR) is 134 cm³/mol. The van der Waals surface area contributed by atoms with Gasteiger partial charge in [0.2, 0.25) is 0 Å². The number of rotatable bonds is 0. The van der Waals surface area contributed by atoms with Crippen molar-refractivity contribution in [1.82, 2.24) is 30.6 Å². The van der Waals surface area contributed by atoms with Gasteiger partial charge in [-0.2, -0.15) is 21.6 Å². The summed E-state index contributed by atoms with van der Waals surface area (Å²) in [6.45, 7) is 2.65. The second-order valence-corrected chi connectivity index (χ2v) is 9.60. The van der Waals surface area contributed by atoms with Gasteiger partial charge < -0.3 is 10.6 Å². The summed E-state index contributed by atoms with van der Waals surface area (Å²) in [6.07, 6.45) is 0. The predicted octanol–water partition coefficient (Wildman–Crippen LogP) is 3.89. The molecule has 0 aliphatic carbocycles. The van der Waals surface area contributed by atoms with E-state index in [4.69, 9.17) is 32.9 Å². The van der Waals surface area contributed by atoms with Gasteiger partial charge in [-0.1, -0.05) is 24.3 Å². The van der Waals surface area contributed by atoms with E-state index in [-0.39, 0.29) is 17.1 Å². The van der Waals surface area contributed by atoms with Crippen molar-refractivity contribution in [1.29, 1.82) is 0 Å². The Bertz CT molecular complexity index is 1340. The summed E-state index contributed by atoms with van der Waals surface area (Å²) in [5.41, 5.74) is 1.90. The van der Waals surface area contributed by atoms with Crippen LogP contribution >= 0.6 is 0 Å². The fraction of sp³-hybridized carbons (Fsp3) is 0.200. The van der Waals surface area contributed by atoms with Crippen LogP contribution in [-0.2, 0) is 53.4 Å². The molecule has 0 saturated carbocycles. The second-order valence-electron chi connectivity index (χ2n) is 8.18. The molecule has 1 radical (unpaired) electrons. The van der Waals surface area contributed by atoms with Gasteiger partial charge in [0.15, 0.2) is 0 Å². The largest absolute Gasteiger partial charge is 0.522 e. The summed E-state index contributed by atoms with van der Waals surface area (Å²) < 4.78 is 57.5. The summed E-state index contributed by atoms with van der Waals surface area (Å²) >= 11 is 0. The van der Waals surface area contributed by atoms with Gasteiger partial charge in [0.05, 0.1) is 45.6 Å². The number of alkyl halides is 3. The molecule has 0 atom stereocenters. The number of nitrogens with one attached hydrogen (secondary N) is 2. The van der Waals surface area contributed by atoms with E-state index in [2.05, 4.69) is 10.6 Å². The normalized spacial score (nSPS) is 13.5. The van der Waals surface area contributed by atoms with Crippen LogP contribution in [-0.4, -0.2) is 38.4 Å². The molecule has 0 fully saturated rings. The van der Waals surface area contributed by atoms with E-state index in [1.54, 1.807) is 0 Å². The first kappa shape index (κ1) is 30.3. The molecular weight excluding hydrogens is 585 g/mol. The molecule has 8 bridgehead atoms. The molecule has 0 aromatic carbocycles. The number of aromatic nitrogens is 4. The number of fused-ring (bicyclic) bond motifs is 10. The van der Waals surface area contributed by atoms with E-state index >= 15 is 0 Å². The van der Waals surface area contributed by atoms with Gasteiger partial charge in [-0.05, 0) is 48.5 Å². The monoisotopic (exact) mass is 607 g/mol. The minimum atomic E-state index is -5.84. The number of halogens is 3. The van der Waals surface area contributed by atoms with Gasteiger partial charge in [-0.3, -0.25) is 4.55 Å². The molecule has 1 aliphatic heterocycles. The van der Waals surface area contributed by atoms with Crippen molar-refractivity contribution < 1.29 is 43.2 Å². The Morgan fingerprint density at radius 2 is 0.821 bits per heavy atom. The molecule has 0 amide bonds. The first-order valence-corrected chi connectivity index (χ1v) is 12.8. The first-order valence-electron chi connectivity index (χ1n) is 11.4. The Hall–Kier alpha value is -3.26. The molecule has 1 aliphatic rings. The Morgan fingerprint density at radius 1 is 0.590 bits per heavy atom. The average molecular weight is 608 g/mol. The molecule has 209 valence electrons. The first-order chi connectivity index (χ1) is 18.1. The molecule has 0 unspecified atom stereocenters. The van der Waals surface area contributed by atoms with Crippen molar-refractivity contribution in [3.05, 3.63) is 95.6 Å². The van der Waals surface area contributed by atoms with Crippen LogP contribution in [0.5, 0.6) is 0 Å². The van der Waals surface area contributed by atoms with Gasteiger partial charge in [0.25, 0.3) is 0 Å². The van der Waals surface area contributed by atoms with Gasteiger partial charge in [0, 0.05) is 43.2 Å².